The molecule has 0 saturated carbocycles. The van der Waals surface area contributed by atoms with Crippen LogP contribution in [0.2, 0.25) is 0 Å². The van der Waals surface area contributed by atoms with Gasteiger partial charge in [-0.15, -0.1) is 0 Å². The molecule has 2 rings (SSSR count). The van der Waals surface area contributed by atoms with Crippen LogP contribution in [-0.2, 0) is 4.79 Å². The number of hydrogen-bond acceptors (Lipinski definition) is 2. The Morgan fingerprint density at radius 3 is 2.50 bits per heavy atom. The highest BCUT2D eigenvalue weighted by atomic mass is 127. The third-order valence-electron chi connectivity index (χ3n) is 3.17. The maximum atomic E-state index is 12.3. The summed E-state index contributed by atoms with van der Waals surface area (Å²) in [7, 11) is 0. The van der Waals surface area contributed by atoms with E-state index < -0.39 is 0 Å². The molecule has 0 spiro atoms. The molecule has 2 N–H and O–H groups in total. The summed E-state index contributed by atoms with van der Waals surface area (Å²) in [5, 5.41) is 5.72. The number of carbonyl (C=O) groups is 2. The number of hydrogen-bond donors (Lipinski definition) is 2. The summed E-state index contributed by atoms with van der Waals surface area (Å²) in [6, 6.07) is 14.8. The molecule has 0 fully saturated rings. The average molecular weight is 408 g/mol. The lowest BCUT2D eigenvalue weighted by Crippen LogP contribution is -2.27. The van der Waals surface area contributed by atoms with Gasteiger partial charge in [-0.1, -0.05) is 24.3 Å². The Balaban J connectivity index is 2.12. The second-order valence-electron chi connectivity index (χ2n) is 4.98. The normalized spacial score (nSPS) is 11.6. The molecule has 2 aromatic carbocycles. The quantitative estimate of drug-likeness (QED) is 0.758. The molecule has 0 bridgehead atoms. The van der Waals surface area contributed by atoms with Gasteiger partial charge in [0.1, 0.15) is 0 Å². The van der Waals surface area contributed by atoms with Crippen molar-refractivity contribution in [2.24, 2.45) is 0 Å². The predicted molar refractivity (Wildman–Crippen MR) is 95.8 cm³/mol. The molecule has 0 radical (unpaired) electrons. The van der Waals surface area contributed by atoms with E-state index in [0.717, 1.165) is 14.8 Å². The number of carbonyl (C=O) groups excluding carboxylic acids is 2. The standard InChI is InChI=1S/C17H17IN2O2/c1-11(13-6-5-7-14(10-13)20-12(2)21)19-17(22)15-8-3-4-9-16(15)18/h3-11H,1-2H3,(H,19,22)(H,20,21). The van der Waals surface area contributed by atoms with Crippen LogP contribution >= 0.6 is 22.6 Å². The van der Waals surface area contributed by atoms with Gasteiger partial charge in [-0.3, -0.25) is 9.59 Å². The maximum Gasteiger partial charge on any atom is 0.252 e. The predicted octanol–water partition coefficient (Wildman–Crippen LogP) is 3.74. The van der Waals surface area contributed by atoms with Gasteiger partial charge in [0.25, 0.3) is 5.91 Å². The molecule has 114 valence electrons. The smallest absolute Gasteiger partial charge is 0.252 e. The fraction of sp³-hybridized carbons (Fsp3) is 0.176. The van der Waals surface area contributed by atoms with Gasteiger partial charge in [0, 0.05) is 16.2 Å². The van der Waals surface area contributed by atoms with E-state index >= 15 is 0 Å². The van der Waals surface area contributed by atoms with E-state index in [1.807, 2.05) is 49.4 Å². The van der Waals surface area contributed by atoms with Gasteiger partial charge >= 0.3 is 0 Å². The third-order valence-corrected chi connectivity index (χ3v) is 4.11. The average Bonchev–Trinajstić information content (AvgIpc) is 2.47. The van der Waals surface area contributed by atoms with Crippen molar-refractivity contribution in [2.45, 2.75) is 19.9 Å². The molecule has 1 unspecified atom stereocenters. The Bertz CT molecular complexity index is 701. The molecular formula is C17H17IN2O2. The van der Waals surface area contributed by atoms with Gasteiger partial charge in [-0.05, 0) is 59.3 Å². The van der Waals surface area contributed by atoms with Crippen molar-refractivity contribution in [2.75, 3.05) is 5.32 Å². The van der Waals surface area contributed by atoms with Gasteiger partial charge in [0.05, 0.1) is 11.6 Å². The number of halogens is 1. The summed E-state index contributed by atoms with van der Waals surface area (Å²) in [4.78, 5) is 23.4. The first-order valence-electron chi connectivity index (χ1n) is 6.90. The van der Waals surface area contributed by atoms with Gasteiger partial charge in [-0.25, -0.2) is 0 Å². The summed E-state index contributed by atoms with van der Waals surface area (Å²) >= 11 is 2.15. The van der Waals surface area contributed by atoms with E-state index in [0.29, 0.717) is 5.56 Å². The largest absolute Gasteiger partial charge is 0.345 e. The van der Waals surface area contributed by atoms with Gasteiger partial charge in [-0.2, -0.15) is 0 Å². The molecule has 0 heterocycles. The number of benzene rings is 2. The minimum atomic E-state index is -0.155. The van der Waals surface area contributed by atoms with Crippen molar-refractivity contribution in [1.82, 2.24) is 5.32 Å². The maximum absolute atomic E-state index is 12.3. The zero-order valence-corrected chi connectivity index (χ0v) is 14.5. The molecule has 4 nitrogen and oxygen atoms in total. The molecule has 2 amide bonds. The van der Waals surface area contributed by atoms with Gasteiger partial charge in [0.2, 0.25) is 5.91 Å². The van der Waals surface area contributed by atoms with Crippen LogP contribution in [0.4, 0.5) is 5.69 Å². The monoisotopic (exact) mass is 408 g/mol. The number of rotatable bonds is 4. The fourth-order valence-electron chi connectivity index (χ4n) is 2.09. The number of amides is 2. The van der Waals surface area contributed by atoms with E-state index in [1.54, 1.807) is 6.07 Å². The van der Waals surface area contributed by atoms with Crippen molar-refractivity contribution in [3.8, 4) is 0 Å². The minimum Gasteiger partial charge on any atom is -0.345 e. The highest BCUT2D eigenvalue weighted by molar-refractivity contribution is 14.1. The highest BCUT2D eigenvalue weighted by Crippen LogP contribution is 2.19. The molecule has 1 atom stereocenters. The molecule has 2 aromatic rings. The fourth-order valence-corrected chi connectivity index (χ4v) is 2.72. The molecular weight excluding hydrogens is 391 g/mol. The van der Waals surface area contributed by atoms with Crippen LogP contribution in [-0.4, -0.2) is 11.8 Å². The zero-order valence-electron chi connectivity index (χ0n) is 12.4. The Hall–Kier alpha value is -1.89. The van der Waals surface area contributed by atoms with Gasteiger partial charge < -0.3 is 10.6 Å². The lowest BCUT2D eigenvalue weighted by Gasteiger charge is -2.16. The zero-order chi connectivity index (χ0) is 16.1. The lowest BCUT2D eigenvalue weighted by atomic mass is 10.1. The van der Waals surface area contributed by atoms with Crippen molar-refractivity contribution in [3.05, 3.63) is 63.2 Å². The Kier molecular flexibility index (Phi) is 5.54. The lowest BCUT2D eigenvalue weighted by molar-refractivity contribution is -0.114. The Labute approximate surface area is 143 Å². The summed E-state index contributed by atoms with van der Waals surface area (Å²) < 4.78 is 0.914. The third kappa shape index (κ3) is 4.30. The second-order valence-corrected chi connectivity index (χ2v) is 6.14. The first-order valence-corrected chi connectivity index (χ1v) is 7.98. The molecule has 0 aliphatic rings. The van der Waals surface area contributed by atoms with E-state index in [-0.39, 0.29) is 17.9 Å². The van der Waals surface area contributed by atoms with Crippen molar-refractivity contribution >= 4 is 40.1 Å². The first kappa shape index (κ1) is 16.5. The molecule has 0 aliphatic heterocycles. The summed E-state index contributed by atoms with van der Waals surface area (Å²) in [6.45, 7) is 3.38. The van der Waals surface area contributed by atoms with Crippen LogP contribution < -0.4 is 10.6 Å². The van der Waals surface area contributed by atoms with Crippen LogP contribution in [0.1, 0.15) is 35.8 Å². The highest BCUT2D eigenvalue weighted by Gasteiger charge is 2.13. The molecule has 22 heavy (non-hydrogen) atoms. The van der Waals surface area contributed by atoms with E-state index in [4.69, 9.17) is 0 Å². The SMILES string of the molecule is CC(=O)Nc1cccc(C(C)NC(=O)c2ccccc2I)c1. The van der Waals surface area contributed by atoms with E-state index in [9.17, 15) is 9.59 Å². The second kappa shape index (κ2) is 7.40. The minimum absolute atomic E-state index is 0.109. The van der Waals surface area contributed by atoms with Crippen LogP contribution in [0.25, 0.3) is 0 Å². The Morgan fingerprint density at radius 2 is 1.82 bits per heavy atom. The van der Waals surface area contributed by atoms with Gasteiger partial charge in [0.15, 0.2) is 0 Å². The summed E-state index contributed by atoms with van der Waals surface area (Å²) in [5.74, 6) is -0.227. The van der Waals surface area contributed by atoms with Crippen molar-refractivity contribution < 1.29 is 9.59 Å². The first-order chi connectivity index (χ1) is 10.5. The topological polar surface area (TPSA) is 58.2 Å². The van der Waals surface area contributed by atoms with Crippen LogP contribution in [0.3, 0.4) is 0 Å². The number of anilines is 1. The molecule has 0 aliphatic carbocycles. The van der Waals surface area contributed by atoms with Crippen molar-refractivity contribution in [1.29, 1.82) is 0 Å². The van der Waals surface area contributed by atoms with E-state index in [2.05, 4.69) is 33.2 Å². The Morgan fingerprint density at radius 1 is 1.09 bits per heavy atom. The summed E-state index contributed by atoms with van der Waals surface area (Å²) in [5.41, 5.74) is 2.32. The molecule has 0 saturated heterocycles. The molecule has 0 aromatic heterocycles. The van der Waals surface area contributed by atoms with E-state index in [1.165, 1.54) is 6.92 Å². The van der Waals surface area contributed by atoms with Crippen molar-refractivity contribution in [3.63, 3.8) is 0 Å². The van der Waals surface area contributed by atoms with Crippen LogP contribution in [0.15, 0.2) is 48.5 Å². The van der Waals surface area contributed by atoms with Crippen LogP contribution in [0.5, 0.6) is 0 Å². The van der Waals surface area contributed by atoms with Crippen LogP contribution in [0, 0.1) is 3.57 Å². The molecule has 5 heteroatoms. The number of nitrogens with one attached hydrogen (secondary N) is 2. The summed E-state index contributed by atoms with van der Waals surface area (Å²) in [6.07, 6.45) is 0.